The van der Waals surface area contributed by atoms with Crippen LogP contribution in [-0.2, 0) is 12.8 Å². The van der Waals surface area contributed by atoms with Crippen LogP contribution < -0.4 is 9.80 Å². The number of benzene rings is 2. The molecule has 0 saturated heterocycles. The zero-order valence-corrected chi connectivity index (χ0v) is 15.9. The van der Waals surface area contributed by atoms with Crippen molar-refractivity contribution in [2.24, 2.45) is 0 Å². The van der Waals surface area contributed by atoms with Crippen LogP contribution in [0.15, 0.2) is 60.7 Å². The first-order chi connectivity index (χ1) is 13.7. The van der Waals surface area contributed by atoms with Gasteiger partial charge >= 0.3 is 0 Å². The first kappa shape index (κ1) is 16.9. The fourth-order valence-corrected chi connectivity index (χ4v) is 4.35. The number of carbonyl (C=O) groups excluding carboxylic acids is 1. The number of amides is 1. The van der Waals surface area contributed by atoms with Gasteiger partial charge in [0.15, 0.2) is 11.5 Å². The minimum Gasteiger partial charge on any atom is -0.325 e. The van der Waals surface area contributed by atoms with Crippen LogP contribution in [0.2, 0.25) is 0 Å². The zero-order valence-electron chi connectivity index (χ0n) is 15.9. The van der Waals surface area contributed by atoms with E-state index < -0.39 is 0 Å². The summed E-state index contributed by atoms with van der Waals surface area (Å²) in [6.07, 6.45) is 3.04. The van der Waals surface area contributed by atoms with E-state index in [1.165, 1.54) is 16.8 Å². The molecule has 3 aromatic rings. The van der Waals surface area contributed by atoms with Gasteiger partial charge in [0.1, 0.15) is 0 Å². The normalized spacial score (nSPS) is 18.0. The molecular formula is C23H22N4O. The lowest BCUT2D eigenvalue weighted by molar-refractivity contribution is 0.0975. The molecule has 5 heteroatoms. The Labute approximate surface area is 164 Å². The second kappa shape index (κ2) is 6.75. The maximum atomic E-state index is 13.1. The van der Waals surface area contributed by atoms with Gasteiger partial charge in [-0.3, -0.25) is 4.79 Å². The number of hydrogen-bond acceptors (Lipinski definition) is 4. The van der Waals surface area contributed by atoms with Gasteiger partial charge in [-0.2, -0.15) is 0 Å². The van der Waals surface area contributed by atoms with Gasteiger partial charge in [0, 0.05) is 24.0 Å². The highest BCUT2D eigenvalue weighted by Crippen LogP contribution is 2.34. The van der Waals surface area contributed by atoms with Gasteiger partial charge < -0.3 is 9.80 Å². The maximum absolute atomic E-state index is 13.1. The number of aryl methyl sites for hydroxylation is 1. The Bertz CT molecular complexity index is 1030. The number of carbonyl (C=O) groups is 1. The molecule has 0 N–H and O–H groups in total. The monoisotopic (exact) mass is 370 g/mol. The second-order valence-corrected chi connectivity index (χ2v) is 7.52. The van der Waals surface area contributed by atoms with Crippen molar-refractivity contribution in [2.45, 2.75) is 32.2 Å². The molecule has 2 aromatic carbocycles. The third-order valence-electron chi connectivity index (χ3n) is 5.68. The standard InChI is InChI=1S/C23H22N4O/c1-16-15-18-8-3-5-11-21(18)27(16)23(28)19-12-13-22(25-24-19)26-14-6-9-17-7-2-4-10-20(17)26/h2-5,7-8,10-13,16H,6,9,14-15H2,1H3. The summed E-state index contributed by atoms with van der Waals surface area (Å²) in [5, 5.41) is 8.70. The molecule has 140 valence electrons. The predicted molar refractivity (Wildman–Crippen MR) is 110 cm³/mol. The molecule has 1 unspecified atom stereocenters. The molecule has 0 saturated carbocycles. The predicted octanol–water partition coefficient (Wildman–Crippen LogP) is 4.15. The molecule has 1 aromatic heterocycles. The molecule has 1 atom stereocenters. The molecule has 5 rings (SSSR count). The van der Waals surface area contributed by atoms with E-state index in [9.17, 15) is 4.79 Å². The van der Waals surface area contributed by atoms with Gasteiger partial charge in [0.05, 0.1) is 0 Å². The Hall–Kier alpha value is -3.21. The lowest BCUT2D eigenvalue weighted by Crippen LogP contribution is -2.36. The lowest BCUT2D eigenvalue weighted by Gasteiger charge is -2.30. The van der Waals surface area contributed by atoms with Gasteiger partial charge in [0.25, 0.3) is 5.91 Å². The molecule has 0 bridgehead atoms. The third kappa shape index (κ3) is 2.74. The highest BCUT2D eigenvalue weighted by atomic mass is 16.2. The average Bonchev–Trinajstić information content (AvgIpc) is 3.08. The number of aromatic nitrogens is 2. The molecule has 2 aliphatic heterocycles. The van der Waals surface area contributed by atoms with Crippen molar-refractivity contribution < 1.29 is 4.79 Å². The summed E-state index contributed by atoms with van der Waals surface area (Å²) in [4.78, 5) is 17.1. The summed E-state index contributed by atoms with van der Waals surface area (Å²) in [5.41, 5.74) is 5.09. The molecule has 0 radical (unpaired) electrons. The van der Waals surface area contributed by atoms with Gasteiger partial charge in [-0.05, 0) is 61.6 Å². The molecule has 3 heterocycles. The minimum atomic E-state index is -0.0875. The first-order valence-electron chi connectivity index (χ1n) is 9.83. The van der Waals surface area contributed by atoms with E-state index in [1.807, 2.05) is 29.2 Å². The van der Waals surface area contributed by atoms with Crippen LogP contribution in [0.4, 0.5) is 17.2 Å². The van der Waals surface area contributed by atoms with E-state index in [4.69, 9.17) is 0 Å². The summed E-state index contributed by atoms with van der Waals surface area (Å²) >= 11 is 0. The van der Waals surface area contributed by atoms with E-state index in [-0.39, 0.29) is 11.9 Å². The van der Waals surface area contributed by atoms with E-state index in [2.05, 4.69) is 52.4 Å². The van der Waals surface area contributed by atoms with Crippen molar-refractivity contribution in [1.82, 2.24) is 10.2 Å². The highest BCUT2D eigenvalue weighted by Gasteiger charge is 2.32. The van der Waals surface area contributed by atoms with Crippen molar-refractivity contribution in [3.8, 4) is 0 Å². The summed E-state index contributed by atoms with van der Waals surface area (Å²) in [6, 6.07) is 20.3. The number of hydrogen-bond donors (Lipinski definition) is 0. The fraction of sp³-hybridized carbons (Fsp3) is 0.261. The van der Waals surface area contributed by atoms with Crippen LogP contribution in [0.5, 0.6) is 0 Å². The van der Waals surface area contributed by atoms with Gasteiger partial charge in [-0.15, -0.1) is 10.2 Å². The van der Waals surface area contributed by atoms with E-state index >= 15 is 0 Å². The fourth-order valence-electron chi connectivity index (χ4n) is 4.35. The third-order valence-corrected chi connectivity index (χ3v) is 5.68. The van der Waals surface area contributed by atoms with E-state index in [1.54, 1.807) is 6.07 Å². The molecule has 2 aliphatic rings. The quantitative estimate of drug-likeness (QED) is 0.680. The highest BCUT2D eigenvalue weighted by molar-refractivity contribution is 6.06. The number of anilines is 3. The molecule has 5 nitrogen and oxygen atoms in total. The largest absolute Gasteiger partial charge is 0.325 e. The van der Waals surface area contributed by atoms with Crippen molar-refractivity contribution in [1.29, 1.82) is 0 Å². The number of nitrogens with zero attached hydrogens (tertiary/aromatic N) is 4. The van der Waals surface area contributed by atoms with Crippen LogP contribution in [0.3, 0.4) is 0 Å². The maximum Gasteiger partial charge on any atom is 0.279 e. The Morgan fingerprint density at radius 2 is 1.68 bits per heavy atom. The average molecular weight is 370 g/mol. The summed E-state index contributed by atoms with van der Waals surface area (Å²) in [6.45, 7) is 2.99. The molecule has 28 heavy (non-hydrogen) atoms. The van der Waals surface area contributed by atoms with Crippen molar-refractivity contribution in [3.63, 3.8) is 0 Å². The Morgan fingerprint density at radius 1 is 0.929 bits per heavy atom. The van der Waals surface area contributed by atoms with Gasteiger partial charge in [-0.25, -0.2) is 0 Å². The molecule has 0 spiro atoms. The van der Waals surface area contributed by atoms with Crippen molar-refractivity contribution in [3.05, 3.63) is 77.5 Å². The van der Waals surface area contributed by atoms with E-state index in [0.717, 1.165) is 37.3 Å². The van der Waals surface area contributed by atoms with Crippen LogP contribution in [0, 0.1) is 0 Å². The SMILES string of the molecule is CC1Cc2ccccc2N1C(=O)c1ccc(N2CCCc3ccccc32)nn1. The summed E-state index contributed by atoms with van der Waals surface area (Å²) in [5.74, 6) is 0.703. The Balaban J connectivity index is 1.43. The lowest BCUT2D eigenvalue weighted by atomic mass is 10.0. The summed E-state index contributed by atoms with van der Waals surface area (Å²) in [7, 11) is 0. The molecule has 1 amide bonds. The van der Waals surface area contributed by atoms with Crippen molar-refractivity contribution in [2.75, 3.05) is 16.3 Å². The second-order valence-electron chi connectivity index (χ2n) is 7.52. The van der Waals surface area contributed by atoms with Crippen LogP contribution in [0.1, 0.15) is 35.0 Å². The Morgan fingerprint density at radius 3 is 2.46 bits per heavy atom. The topological polar surface area (TPSA) is 49.3 Å². The zero-order chi connectivity index (χ0) is 19.1. The molecule has 0 fully saturated rings. The molecule has 0 aliphatic carbocycles. The van der Waals surface area contributed by atoms with Crippen LogP contribution >= 0.6 is 0 Å². The van der Waals surface area contributed by atoms with Gasteiger partial charge in [-0.1, -0.05) is 36.4 Å². The molecular weight excluding hydrogens is 348 g/mol. The van der Waals surface area contributed by atoms with Crippen LogP contribution in [-0.4, -0.2) is 28.7 Å². The minimum absolute atomic E-state index is 0.0875. The number of rotatable bonds is 2. The van der Waals surface area contributed by atoms with E-state index in [0.29, 0.717) is 5.69 Å². The number of fused-ring (bicyclic) bond motifs is 2. The van der Waals surface area contributed by atoms with Gasteiger partial charge in [0.2, 0.25) is 0 Å². The summed E-state index contributed by atoms with van der Waals surface area (Å²) < 4.78 is 0. The van der Waals surface area contributed by atoms with Crippen molar-refractivity contribution >= 4 is 23.1 Å². The van der Waals surface area contributed by atoms with Crippen LogP contribution in [0.25, 0.3) is 0 Å². The Kier molecular flexibility index (Phi) is 4.08. The number of para-hydroxylation sites is 2. The smallest absolute Gasteiger partial charge is 0.279 e. The first-order valence-corrected chi connectivity index (χ1v) is 9.83.